The standard InChI is InChI=1S/C14H14N2OS/c1-16(10-6-3-2-4-7-10)14-15-11-8-5-9-12(17)13(11)18-14/h2-4,6-7H,5,8-9H2,1H3. The van der Waals surface area contributed by atoms with E-state index in [0.29, 0.717) is 6.42 Å². The van der Waals surface area contributed by atoms with Gasteiger partial charge in [0.1, 0.15) is 0 Å². The number of anilines is 2. The molecule has 0 unspecified atom stereocenters. The third kappa shape index (κ3) is 1.93. The molecule has 1 aliphatic carbocycles. The van der Waals surface area contributed by atoms with Gasteiger partial charge in [-0.25, -0.2) is 4.98 Å². The average Bonchev–Trinajstić information content (AvgIpc) is 2.84. The minimum absolute atomic E-state index is 0.251. The normalized spacial score (nSPS) is 14.4. The van der Waals surface area contributed by atoms with E-state index in [9.17, 15) is 4.79 Å². The summed E-state index contributed by atoms with van der Waals surface area (Å²) in [5, 5.41) is 0.904. The van der Waals surface area contributed by atoms with E-state index in [1.165, 1.54) is 11.3 Å². The van der Waals surface area contributed by atoms with Crippen LogP contribution >= 0.6 is 11.3 Å². The number of hydrogen-bond donors (Lipinski definition) is 0. The van der Waals surface area contributed by atoms with Crippen LogP contribution in [0.3, 0.4) is 0 Å². The van der Waals surface area contributed by atoms with Crippen LogP contribution in [0.15, 0.2) is 30.3 Å². The molecule has 3 rings (SSSR count). The first kappa shape index (κ1) is 11.4. The van der Waals surface area contributed by atoms with Gasteiger partial charge >= 0.3 is 0 Å². The highest BCUT2D eigenvalue weighted by Gasteiger charge is 2.23. The summed E-state index contributed by atoms with van der Waals surface area (Å²) in [5.74, 6) is 0.251. The lowest BCUT2D eigenvalue weighted by molar-refractivity contribution is 0.0976. The fraction of sp³-hybridized carbons (Fsp3) is 0.286. The molecule has 0 amide bonds. The molecule has 92 valence electrons. The number of aromatic nitrogens is 1. The predicted octanol–water partition coefficient (Wildman–Crippen LogP) is 3.43. The number of carbonyl (C=O) groups excluding carboxylic acids is 1. The summed E-state index contributed by atoms with van der Waals surface area (Å²) in [6, 6.07) is 10.1. The number of rotatable bonds is 2. The summed E-state index contributed by atoms with van der Waals surface area (Å²) in [7, 11) is 1.99. The van der Waals surface area contributed by atoms with Crippen molar-refractivity contribution >= 4 is 27.9 Å². The van der Waals surface area contributed by atoms with E-state index in [-0.39, 0.29) is 5.78 Å². The van der Waals surface area contributed by atoms with Crippen LogP contribution in [0.25, 0.3) is 0 Å². The van der Waals surface area contributed by atoms with Crippen molar-refractivity contribution in [2.45, 2.75) is 19.3 Å². The van der Waals surface area contributed by atoms with Crippen molar-refractivity contribution in [3.05, 3.63) is 40.9 Å². The van der Waals surface area contributed by atoms with Gasteiger partial charge in [-0.15, -0.1) is 0 Å². The molecule has 4 heteroatoms. The van der Waals surface area contributed by atoms with Gasteiger partial charge in [-0.05, 0) is 25.0 Å². The van der Waals surface area contributed by atoms with Crippen molar-refractivity contribution in [2.75, 3.05) is 11.9 Å². The lowest BCUT2D eigenvalue weighted by Gasteiger charge is -2.15. The summed E-state index contributed by atoms with van der Waals surface area (Å²) in [4.78, 5) is 19.3. The minimum Gasteiger partial charge on any atom is -0.321 e. The molecule has 0 N–H and O–H groups in total. The summed E-state index contributed by atoms with van der Waals surface area (Å²) >= 11 is 1.51. The van der Waals surface area contributed by atoms with Crippen LogP contribution in [0.1, 0.15) is 28.2 Å². The van der Waals surface area contributed by atoms with Crippen LogP contribution in [-0.2, 0) is 6.42 Å². The monoisotopic (exact) mass is 258 g/mol. The molecule has 3 nitrogen and oxygen atoms in total. The van der Waals surface area contributed by atoms with E-state index >= 15 is 0 Å². The molecule has 0 spiro atoms. The second kappa shape index (κ2) is 4.53. The Morgan fingerprint density at radius 3 is 2.72 bits per heavy atom. The van der Waals surface area contributed by atoms with Gasteiger partial charge in [-0.1, -0.05) is 29.5 Å². The highest BCUT2D eigenvalue weighted by Crippen LogP contribution is 2.34. The summed E-state index contributed by atoms with van der Waals surface area (Å²) in [6.45, 7) is 0. The molecule has 2 aromatic rings. The molecule has 0 aliphatic heterocycles. The first-order valence-electron chi connectivity index (χ1n) is 6.07. The number of ketones is 1. The maximum atomic E-state index is 11.8. The molecule has 1 aliphatic rings. The van der Waals surface area contributed by atoms with Gasteiger partial charge in [0, 0.05) is 19.2 Å². The first-order chi connectivity index (χ1) is 8.75. The maximum Gasteiger partial charge on any atom is 0.190 e. The Morgan fingerprint density at radius 1 is 1.22 bits per heavy atom. The van der Waals surface area contributed by atoms with Gasteiger partial charge in [0.15, 0.2) is 10.9 Å². The van der Waals surface area contributed by atoms with Gasteiger partial charge in [0.2, 0.25) is 0 Å². The molecule has 0 bridgehead atoms. The van der Waals surface area contributed by atoms with Crippen LogP contribution in [0.4, 0.5) is 10.8 Å². The van der Waals surface area contributed by atoms with E-state index in [1.54, 1.807) is 0 Å². The van der Waals surface area contributed by atoms with Gasteiger partial charge < -0.3 is 4.90 Å². The minimum atomic E-state index is 0.251. The summed E-state index contributed by atoms with van der Waals surface area (Å²) in [5.41, 5.74) is 2.07. The van der Waals surface area contributed by atoms with Gasteiger partial charge in [0.05, 0.1) is 10.6 Å². The second-order valence-electron chi connectivity index (χ2n) is 4.44. The van der Waals surface area contributed by atoms with Crippen LogP contribution in [0.5, 0.6) is 0 Å². The lowest BCUT2D eigenvalue weighted by atomic mass is 10.0. The number of hydrogen-bond acceptors (Lipinski definition) is 4. The zero-order chi connectivity index (χ0) is 12.5. The summed E-state index contributed by atoms with van der Waals surface area (Å²) in [6.07, 6.45) is 2.54. The molecule has 0 atom stereocenters. The maximum absolute atomic E-state index is 11.8. The van der Waals surface area contributed by atoms with E-state index in [0.717, 1.165) is 34.2 Å². The number of fused-ring (bicyclic) bond motifs is 1. The molecule has 0 radical (unpaired) electrons. The van der Waals surface area contributed by atoms with Crippen molar-refractivity contribution in [1.29, 1.82) is 0 Å². The smallest absolute Gasteiger partial charge is 0.190 e. The van der Waals surface area contributed by atoms with Crippen molar-refractivity contribution in [3.8, 4) is 0 Å². The van der Waals surface area contributed by atoms with Crippen molar-refractivity contribution in [3.63, 3.8) is 0 Å². The highest BCUT2D eigenvalue weighted by molar-refractivity contribution is 7.17. The Balaban J connectivity index is 1.96. The van der Waals surface area contributed by atoms with E-state index in [1.807, 2.05) is 42.3 Å². The molecule has 0 saturated heterocycles. The summed E-state index contributed by atoms with van der Waals surface area (Å²) < 4.78 is 0. The Morgan fingerprint density at radius 2 is 2.00 bits per heavy atom. The molecule has 0 fully saturated rings. The number of para-hydroxylation sites is 1. The van der Waals surface area contributed by atoms with Crippen molar-refractivity contribution in [1.82, 2.24) is 4.98 Å². The SMILES string of the molecule is CN(c1ccccc1)c1nc2c(s1)C(=O)CCC2. The lowest BCUT2D eigenvalue weighted by Crippen LogP contribution is -2.09. The molecule has 18 heavy (non-hydrogen) atoms. The number of nitrogens with zero attached hydrogens (tertiary/aromatic N) is 2. The van der Waals surface area contributed by atoms with E-state index in [4.69, 9.17) is 0 Å². The number of Topliss-reactive ketones (excluding diaryl/α,β-unsaturated/α-hetero) is 1. The number of aryl methyl sites for hydroxylation is 1. The largest absolute Gasteiger partial charge is 0.321 e. The van der Waals surface area contributed by atoms with Crippen LogP contribution in [-0.4, -0.2) is 17.8 Å². The number of thiazole rings is 1. The van der Waals surface area contributed by atoms with Crippen LogP contribution in [0, 0.1) is 0 Å². The van der Waals surface area contributed by atoms with Gasteiger partial charge in [-0.2, -0.15) is 0 Å². The fourth-order valence-electron chi connectivity index (χ4n) is 2.16. The first-order valence-corrected chi connectivity index (χ1v) is 6.89. The Hall–Kier alpha value is -1.68. The van der Waals surface area contributed by atoms with E-state index in [2.05, 4.69) is 4.98 Å². The molecular formula is C14H14N2OS. The molecular weight excluding hydrogens is 244 g/mol. The second-order valence-corrected chi connectivity index (χ2v) is 5.42. The van der Waals surface area contributed by atoms with Crippen LogP contribution < -0.4 is 4.90 Å². The number of benzene rings is 1. The molecule has 0 saturated carbocycles. The zero-order valence-electron chi connectivity index (χ0n) is 10.2. The average molecular weight is 258 g/mol. The highest BCUT2D eigenvalue weighted by atomic mass is 32.1. The number of carbonyl (C=O) groups is 1. The van der Waals surface area contributed by atoms with Crippen molar-refractivity contribution < 1.29 is 4.79 Å². The Labute approximate surface area is 110 Å². The third-order valence-electron chi connectivity index (χ3n) is 3.19. The van der Waals surface area contributed by atoms with Gasteiger partial charge in [0.25, 0.3) is 0 Å². The van der Waals surface area contributed by atoms with Crippen molar-refractivity contribution in [2.24, 2.45) is 0 Å². The molecule has 1 aromatic heterocycles. The fourth-order valence-corrected chi connectivity index (χ4v) is 3.22. The zero-order valence-corrected chi connectivity index (χ0v) is 11.0. The topological polar surface area (TPSA) is 33.2 Å². The molecule has 1 aromatic carbocycles. The predicted molar refractivity (Wildman–Crippen MR) is 73.9 cm³/mol. The third-order valence-corrected chi connectivity index (χ3v) is 4.40. The Kier molecular flexibility index (Phi) is 2.88. The quantitative estimate of drug-likeness (QED) is 0.827. The van der Waals surface area contributed by atoms with Crippen LogP contribution in [0.2, 0.25) is 0 Å². The Bertz CT molecular complexity index is 577. The van der Waals surface area contributed by atoms with E-state index < -0.39 is 0 Å². The van der Waals surface area contributed by atoms with Gasteiger partial charge in [-0.3, -0.25) is 4.79 Å². The molecule has 1 heterocycles.